The fraction of sp³-hybridized carbons (Fsp3) is 0.154. The zero-order valence-corrected chi connectivity index (χ0v) is 20.5. The van der Waals surface area contributed by atoms with Crippen molar-refractivity contribution >= 4 is 50.7 Å². The largest absolute Gasteiger partial charge is 0.482 e. The monoisotopic (exact) mass is 503 g/mol. The van der Waals surface area contributed by atoms with Crippen molar-refractivity contribution in [2.24, 2.45) is 0 Å². The molecule has 2 aromatic heterocycles. The summed E-state index contributed by atoms with van der Waals surface area (Å²) in [6, 6.07) is 14.8. The molecule has 0 radical (unpaired) electrons. The van der Waals surface area contributed by atoms with E-state index >= 15 is 0 Å². The van der Waals surface area contributed by atoms with Crippen molar-refractivity contribution < 1.29 is 14.3 Å². The van der Waals surface area contributed by atoms with E-state index in [1.54, 1.807) is 35.9 Å². The Bertz CT molecular complexity index is 1530. The van der Waals surface area contributed by atoms with E-state index in [1.165, 1.54) is 28.0 Å². The minimum absolute atomic E-state index is 0.0175. The Balaban J connectivity index is 1.45. The molecular formula is C26H21N3O4S2. The Morgan fingerprint density at radius 3 is 2.80 bits per heavy atom. The number of aromatic nitrogens is 2. The molecule has 0 saturated heterocycles. The number of rotatable bonds is 7. The van der Waals surface area contributed by atoms with Gasteiger partial charge in [0, 0.05) is 30.1 Å². The second kappa shape index (κ2) is 9.52. The molecule has 4 aromatic rings. The van der Waals surface area contributed by atoms with Crippen LogP contribution in [0.25, 0.3) is 21.3 Å². The van der Waals surface area contributed by atoms with Crippen LogP contribution >= 0.6 is 23.1 Å². The van der Waals surface area contributed by atoms with E-state index in [-0.39, 0.29) is 36.2 Å². The molecule has 1 aliphatic heterocycles. The van der Waals surface area contributed by atoms with Gasteiger partial charge in [-0.3, -0.25) is 19.0 Å². The highest BCUT2D eigenvalue weighted by Crippen LogP contribution is 2.34. The van der Waals surface area contributed by atoms with Crippen molar-refractivity contribution in [3.8, 4) is 16.9 Å². The fourth-order valence-corrected chi connectivity index (χ4v) is 5.79. The van der Waals surface area contributed by atoms with Gasteiger partial charge in [0.05, 0.1) is 16.8 Å². The summed E-state index contributed by atoms with van der Waals surface area (Å²) in [5, 5.41) is 2.98. The first-order valence-corrected chi connectivity index (χ1v) is 12.7. The van der Waals surface area contributed by atoms with Crippen LogP contribution in [0.1, 0.15) is 10.4 Å². The number of allylic oxidation sites excluding steroid dienone is 1. The van der Waals surface area contributed by atoms with Gasteiger partial charge in [-0.2, -0.15) is 0 Å². The van der Waals surface area contributed by atoms with E-state index in [4.69, 9.17) is 9.72 Å². The van der Waals surface area contributed by atoms with Gasteiger partial charge in [-0.15, -0.1) is 17.9 Å². The van der Waals surface area contributed by atoms with Gasteiger partial charge < -0.3 is 9.64 Å². The normalized spacial score (nSPS) is 12.9. The number of hydrogen-bond acceptors (Lipinski definition) is 7. The summed E-state index contributed by atoms with van der Waals surface area (Å²) >= 11 is 2.62. The number of carbonyl (C=O) groups is 2. The van der Waals surface area contributed by atoms with Gasteiger partial charge in [-0.05, 0) is 23.8 Å². The van der Waals surface area contributed by atoms with Crippen LogP contribution in [0.3, 0.4) is 0 Å². The molecule has 5 rings (SSSR count). The van der Waals surface area contributed by atoms with Gasteiger partial charge in [0.1, 0.15) is 10.6 Å². The van der Waals surface area contributed by atoms with Gasteiger partial charge >= 0.3 is 0 Å². The molecule has 1 amide bonds. The molecule has 0 N–H and O–H groups in total. The number of ketones is 1. The summed E-state index contributed by atoms with van der Waals surface area (Å²) in [6.07, 6.45) is 1.64. The predicted molar refractivity (Wildman–Crippen MR) is 140 cm³/mol. The molecule has 3 heterocycles. The van der Waals surface area contributed by atoms with E-state index in [1.807, 2.05) is 35.7 Å². The number of carbonyl (C=O) groups excluding carboxylic acids is 2. The standard InChI is InChI=1S/C26H21N3O4S2/c1-3-11-29-25(32)23-18(16-7-5-4-6-8-16)14-34-24(23)27-26(29)35-15-20(30)17-9-10-21-19(12-17)28(2)22(31)13-33-21/h3-10,12,14H,1,11,13,15H2,2H3. The topological polar surface area (TPSA) is 81.5 Å². The van der Waals surface area contributed by atoms with E-state index in [0.717, 1.165) is 11.1 Å². The SMILES string of the molecule is C=CCn1c(SCC(=O)c2ccc3c(c2)N(C)C(=O)CO3)nc2scc(-c3ccccc3)c2c1=O. The third kappa shape index (κ3) is 4.28. The number of likely N-dealkylation sites (N-methyl/N-ethyl adjacent to an activating group) is 1. The first kappa shape index (κ1) is 23.1. The van der Waals surface area contributed by atoms with Gasteiger partial charge in [-0.1, -0.05) is 48.2 Å². The summed E-state index contributed by atoms with van der Waals surface area (Å²) in [7, 11) is 1.66. The van der Waals surface area contributed by atoms with Gasteiger partial charge in [0.2, 0.25) is 0 Å². The number of anilines is 1. The van der Waals surface area contributed by atoms with Crippen molar-refractivity contribution in [2.75, 3.05) is 24.3 Å². The Kier molecular flexibility index (Phi) is 6.27. The molecule has 0 aliphatic carbocycles. The van der Waals surface area contributed by atoms with E-state index < -0.39 is 0 Å². The number of thioether (sulfide) groups is 1. The quantitative estimate of drug-likeness (QED) is 0.158. The van der Waals surface area contributed by atoms with Crippen LogP contribution in [-0.2, 0) is 11.3 Å². The van der Waals surface area contributed by atoms with Crippen LogP contribution in [0, 0.1) is 0 Å². The molecule has 0 spiro atoms. The highest BCUT2D eigenvalue weighted by Gasteiger charge is 2.24. The molecule has 2 aromatic carbocycles. The maximum atomic E-state index is 13.5. The van der Waals surface area contributed by atoms with Gasteiger partial charge in [0.25, 0.3) is 11.5 Å². The number of Topliss-reactive ketones (excluding diaryl/α,β-unsaturated/α-hetero) is 1. The number of fused-ring (bicyclic) bond motifs is 2. The van der Waals surface area contributed by atoms with Crippen LogP contribution < -0.4 is 15.2 Å². The van der Waals surface area contributed by atoms with Crippen molar-refractivity contribution in [1.82, 2.24) is 9.55 Å². The lowest BCUT2D eigenvalue weighted by Gasteiger charge is -2.26. The molecule has 176 valence electrons. The molecule has 0 bridgehead atoms. The van der Waals surface area contributed by atoms with Gasteiger partial charge in [0.15, 0.2) is 17.5 Å². The minimum atomic E-state index is -0.173. The number of nitrogens with zero attached hydrogens (tertiary/aromatic N) is 3. The Hall–Kier alpha value is -3.69. The highest BCUT2D eigenvalue weighted by atomic mass is 32.2. The predicted octanol–water partition coefficient (Wildman–Crippen LogP) is 4.64. The zero-order chi connectivity index (χ0) is 24.5. The average molecular weight is 504 g/mol. The van der Waals surface area contributed by atoms with Crippen molar-refractivity contribution in [3.05, 3.63) is 82.5 Å². The molecule has 0 saturated carbocycles. The Morgan fingerprint density at radius 2 is 2.03 bits per heavy atom. The maximum absolute atomic E-state index is 13.5. The smallest absolute Gasteiger partial charge is 0.264 e. The highest BCUT2D eigenvalue weighted by molar-refractivity contribution is 7.99. The number of ether oxygens (including phenoxy) is 1. The molecular weight excluding hydrogens is 482 g/mol. The average Bonchev–Trinajstić information content (AvgIpc) is 3.31. The number of thiophene rings is 1. The van der Waals surface area contributed by atoms with Crippen LogP contribution in [0.5, 0.6) is 5.75 Å². The van der Waals surface area contributed by atoms with Crippen LogP contribution in [0.4, 0.5) is 5.69 Å². The molecule has 1 aliphatic rings. The summed E-state index contributed by atoms with van der Waals surface area (Å²) in [6.45, 7) is 4.04. The minimum Gasteiger partial charge on any atom is -0.482 e. The van der Waals surface area contributed by atoms with Gasteiger partial charge in [-0.25, -0.2) is 4.98 Å². The van der Waals surface area contributed by atoms with Crippen LogP contribution in [0.15, 0.2) is 76.5 Å². The van der Waals surface area contributed by atoms with Crippen molar-refractivity contribution in [3.63, 3.8) is 0 Å². The maximum Gasteiger partial charge on any atom is 0.264 e. The second-order valence-corrected chi connectivity index (χ2v) is 9.73. The Morgan fingerprint density at radius 1 is 1.23 bits per heavy atom. The number of amides is 1. The summed E-state index contributed by atoms with van der Waals surface area (Å²) in [5.74, 6) is 0.340. The summed E-state index contributed by atoms with van der Waals surface area (Å²) < 4.78 is 6.99. The summed E-state index contributed by atoms with van der Waals surface area (Å²) in [4.78, 5) is 45.3. The van der Waals surface area contributed by atoms with Crippen molar-refractivity contribution in [2.45, 2.75) is 11.7 Å². The third-order valence-electron chi connectivity index (χ3n) is 5.76. The third-order valence-corrected chi connectivity index (χ3v) is 7.60. The van der Waals surface area contributed by atoms with E-state index in [9.17, 15) is 14.4 Å². The number of benzene rings is 2. The summed E-state index contributed by atoms with van der Waals surface area (Å²) in [5.41, 5.74) is 2.67. The Labute approximate surface area is 209 Å². The zero-order valence-electron chi connectivity index (χ0n) is 18.9. The first-order valence-electron chi connectivity index (χ1n) is 10.9. The molecule has 7 nitrogen and oxygen atoms in total. The lowest BCUT2D eigenvalue weighted by molar-refractivity contribution is -0.120. The van der Waals surface area contributed by atoms with Crippen LogP contribution in [-0.4, -0.2) is 40.6 Å². The first-order chi connectivity index (χ1) is 17.0. The molecule has 0 atom stereocenters. The molecule has 0 unspecified atom stereocenters. The lowest BCUT2D eigenvalue weighted by atomic mass is 10.1. The molecule has 9 heteroatoms. The lowest BCUT2D eigenvalue weighted by Crippen LogP contribution is -2.35. The fourth-order valence-electron chi connectivity index (χ4n) is 3.90. The van der Waals surface area contributed by atoms with Crippen LogP contribution in [0.2, 0.25) is 0 Å². The molecule has 0 fully saturated rings. The number of hydrogen-bond donors (Lipinski definition) is 0. The van der Waals surface area contributed by atoms with E-state index in [2.05, 4.69) is 6.58 Å². The van der Waals surface area contributed by atoms with Crippen molar-refractivity contribution in [1.29, 1.82) is 0 Å². The molecule has 35 heavy (non-hydrogen) atoms. The second-order valence-electron chi connectivity index (χ2n) is 7.93. The van der Waals surface area contributed by atoms with E-state index in [0.29, 0.717) is 32.4 Å².